The highest BCUT2D eigenvalue weighted by Gasteiger charge is 2.27. The molecule has 1 aliphatic heterocycles. The van der Waals surface area contributed by atoms with Crippen molar-refractivity contribution in [2.75, 3.05) is 38.7 Å². The molecular formula is C20H25N5O3. The first-order valence-corrected chi connectivity index (χ1v) is 9.62. The molecule has 148 valence electrons. The zero-order valence-corrected chi connectivity index (χ0v) is 16.3. The van der Waals surface area contributed by atoms with E-state index < -0.39 is 6.10 Å². The Morgan fingerprint density at radius 3 is 3.00 bits per heavy atom. The van der Waals surface area contributed by atoms with Crippen LogP contribution in [0.25, 0.3) is 11.5 Å². The second kappa shape index (κ2) is 7.71. The number of hydrogen-bond acceptors (Lipinski definition) is 7. The second-order valence-electron chi connectivity index (χ2n) is 7.37. The van der Waals surface area contributed by atoms with Crippen LogP contribution in [0.2, 0.25) is 0 Å². The van der Waals surface area contributed by atoms with Crippen LogP contribution in [0.3, 0.4) is 0 Å². The molecule has 2 aliphatic rings. The number of fused-ring (bicyclic) bond motifs is 1. The average Bonchev–Trinajstić information content (AvgIpc) is 3.35. The van der Waals surface area contributed by atoms with Crippen molar-refractivity contribution in [2.24, 2.45) is 0 Å². The summed E-state index contributed by atoms with van der Waals surface area (Å²) in [4.78, 5) is 30.1. The summed E-state index contributed by atoms with van der Waals surface area (Å²) in [5.74, 6) is 2.04. The van der Waals surface area contributed by atoms with Crippen molar-refractivity contribution in [3.63, 3.8) is 0 Å². The first-order chi connectivity index (χ1) is 13.5. The summed E-state index contributed by atoms with van der Waals surface area (Å²) in [6, 6.07) is 3.60. The van der Waals surface area contributed by atoms with E-state index in [0.717, 1.165) is 36.3 Å². The normalized spacial score (nSPS) is 18.2. The summed E-state index contributed by atoms with van der Waals surface area (Å²) < 4.78 is 5.29. The number of hydrogen-bond donors (Lipinski definition) is 1. The van der Waals surface area contributed by atoms with E-state index in [-0.39, 0.29) is 12.5 Å². The Morgan fingerprint density at radius 1 is 1.39 bits per heavy atom. The van der Waals surface area contributed by atoms with Gasteiger partial charge >= 0.3 is 0 Å². The Kier molecular flexibility index (Phi) is 5.13. The predicted octanol–water partition coefficient (Wildman–Crippen LogP) is 1.07. The summed E-state index contributed by atoms with van der Waals surface area (Å²) in [6.07, 6.45) is 4.76. The lowest BCUT2D eigenvalue weighted by Gasteiger charge is -2.24. The van der Waals surface area contributed by atoms with Gasteiger partial charge in [0.25, 0.3) is 0 Å². The van der Waals surface area contributed by atoms with Crippen LogP contribution in [-0.4, -0.2) is 70.8 Å². The van der Waals surface area contributed by atoms with Gasteiger partial charge in [-0.25, -0.2) is 9.97 Å². The van der Waals surface area contributed by atoms with Gasteiger partial charge in [0.2, 0.25) is 5.91 Å². The lowest BCUT2D eigenvalue weighted by molar-refractivity contribution is -0.129. The summed E-state index contributed by atoms with van der Waals surface area (Å²) in [5.41, 5.74) is 2.79. The third-order valence-corrected chi connectivity index (χ3v) is 5.36. The number of carbonyl (C=O) groups is 1. The van der Waals surface area contributed by atoms with Gasteiger partial charge in [0.1, 0.15) is 17.3 Å². The monoisotopic (exact) mass is 383 g/mol. The summed E-state index contributed by atoms with van der Waals surface area (Å²) in [5, 5.41) is 9.69. The molecule has 1 aliphatic carbocycles. The van der Waals surface area contributed by atoms with Crippen LogP contribution in [-0.2, 0) is 17.6 Å². The predicted molar refractivity (Wildman–Crippen MR) is 104 cm³/mol. The number of ether oxygens (including phenoxy) is 1. The summed E-state index contributed by atoms with van der Waals surface area (Å²) in [6.45, 7) is 1.24. The van der Waals surface area contributed by atoms with E-state index in [4.69, 9.17) is 14.7 Å². The van der Waals surface area contributed by atoms with Gasteiger partial charge in [0, 0.05) is 43.7 Å². The van der Waals surface area contributed by atoms with E-state index in [2.05, 4.69) is 4.98 Å². The summed E-state index contributed by atoms with van der Waals surface area (Å²) in [7, 11) is 3.50. The maximum atomic E-state index is 12.6. The standard InChI is InChI=1S/C20H25N5O3/c1-24(12-18(27)25-9-7-13(26)11-25)20-15-4-3-5-16(15)22-19(23-20)17-10-14(28-2)6-8-21-17/h6,8,10,13,26H,3-5,7,9,11-12H2,1-2H3/t13-/m0/s1. The van der Waals surface area contributed by atoms with E-state index in [9.17, 15) is 9.90 Å². The molecule has 28 heavy (non-hydrogen) atoms. The van der Waals surface area contributed by atoms with Crippen molar-refractivity contribution in [1.82, 2.24) is 19.9 Å². The van der Waals surface area contributed by atoms with Gasteiger partial charge in [0.15, 0.2) is 5.82 Å². The fraction of sp³-hybridized carbons (Fsp3) is 0.500. The first kappa shape index (κ1) is 18.6. The Balaban J connectivity index is 1.62. The van der Waals surface area contributed by atoms with E-state index in [1.165, 1.54) is 0 Å². The van der Waals surface area contributed by atoms with Gasteiger partial charge in [-0.1, -0.05) is 0 Å². The third-order valence-electron chi connectivity index (χ3n) is 5.36. The number of β-amino-alcohol motifs (C(OH)–C–C–N with tert-alkyl or cyclic N) is 1. The van der Waals surface area contributed by atoms with Crippen LogP contribution >= 0.6 is 0 Å². The zero-order valence-electron chi connectivity index (χ0n) is 16.3. The van der Waals surface area contributed by atoms with Gasteiger partial charge in [-0.3, -0.25) is 9.78 Å². The van der Waals surface area contributed by atoms with Crippen molar-refractivity contribution in [3.05, 3.63) is 29.6 Å². The Hall–Kier alpha value is -2.74. The number of aliphatic hydroxyl groups excluding tert-OH is 1. The molecule has 2 aromatic rings. The number of aliphatic hydroxyl groups is 1. The molecule has 1 amide bonds. The van der Waals surface area contributed by atoms with Crippen LogP contribution in [0.1, 0.15) is 24.1 Å². The van der Waals surface area contributed by atoms with Gasteiger partial charge in [-0.15, -0.1) is 0 Å². The van der Waals surface area contributed by atoms with Crippen LogP contribution < -0.4 is 9.64 Å². The van der Waals surface area contributed by atoms with Crippen LogP contribution in [0.15, 0.2) is 18.3 Å². The molecule has 8 heteroatoms. The molecular weight excluding hydrogens is 358 g/mol. The van der Waals surface area contributed by atoms with Crippen molar-refractivity contribution in [3.8, 4) is 17.3 Å². The number of anilines is 1. The minimum absolute atomic E-state index is 0.00506. The number of aromatic nitrogens is 3. The summed E-state index contributed by atoms with van der Waals surface area (Å²) >= 11 is 0. The number of amides is 1. The average molecular weight is 383 g/mol. The highest BCUT2D eigenvalue weighted by Crippen LogP contribution is 2.31. The smallest absolute Gasteiger partial charge is 0.242 e. The van der Waals surface area contributed by atoms with E-state index in [1.807, 2.05) is 18.0 Å². The number of nitrogens with zero attached hydrogens (tertiary/aromatic N) is 5. The van der Waals surface area contributed by atoms with Crippen molar-refractivity contribution >= 4 is 11.7 Å². The SMILES string of the molecule is COc1ccnc(-c2nc3c(c(N(C)CC(=O)N4CC[C@H](O)C4)n2)CCC3)c1. The molecule has 0 bridgehead atoms. The Morgan fingerprint density at radius 2 is 2.25 bits per heavy atom. The third kappa shape index (κ3) is 3.64. The molecule has 1 N–H and O–H groups in total. The molecule has 4 rings (SSSR count). The van der Waals surface area contributed by atoms with Crippen LogP contribution in [0, 0.1) is 0 Å². The molecule has 1 atom stereocenters. The fourth-order valence-corrected chi connectivity index (χ4v) is 3.85. The minimum atomic E-state index is -0.414. The van der Waals surface area contributed by atoms with E-state index in [1.54, 1.807) is 24.3 Å². The number of rotatable bonds is 5. The molecule has 1 saturated heterocycles. The molecule has 0 saturated carbocycles. The number of aryl methyl sites for hydroxylation is 1. The molecule has 3 heterocycles. The fourth-order valence-electron chi connectivity index (χ4n) is 3.85. The number of carbonyl (C=O) groups excluding carboxylic acids is 1. The van der Waals surface area contributed by atoms with Crippen molar-refractivity contribution < 1.29 is 14.6 Å². The molecule has 8 nitrogen and oxygen atoms in total. The zero-order chi connectivity index (χ0) is 19.7. The maximum absolute atomic E-state index is 12.6. The highest BCUT2D eigenvalue weighted by atomic mass is 16.5. The quantitative estimate of drug-likeness (QED) is 0.826. The molecule has 0 spiro atoms. The van der Waals surface area contributed by atoms with Gasteiger partial charge in [0.05, 0.1) is 19.8 Å². The van der Waals surface area contributed by atoms with Gasteiger partial charge in [-0.2, -0.15) is 0 Å². The largest absolute Gasteiger partial charge is 0.497 e. The number of likely N-dealkylation sites (tertiary alicyclic amines) is 1. The number of methoxy groups -OCH3 is 1. The Labute approximate surface area is 164 Å². The van der Waals surface area contributed by atoms with Crippen LogP contribution in [0.5, 0.6) is 5.75 Å². The molecule has 2 aromatic heterocycles. The molecule has 0 radical (unpaired) electrons. The van der Waals surface area contributed by atoms with Gasteiger partial charge in [-0.05, 0) is 31.7 Å². The lowest BCUT2D eigenvalue weighted by Crippen LogP contribution is -2.38. The number of pyridine rings is 1. The van der Waals surface area contributed by atoms with Crippen LogP contribution in [0.4, 0.5) is 5.82 Å². The number of likely N-dealkylation sites (N-methyl/N-ethyl adjacent to an activating group) is 1. The maximum Gasteiger partial charge on any atom is 0.242 e. The van der Waals surface area contributed by atoms with E-state index >= 15 is 0 Å². The van der Waals surface area contributed by atoms with Crippen molar-refractivity contribution in [1.29, 1.82) is 0 Å². The Bertz CT molecular complexity index is 888. The second-order valence-corrected chi connectivity index (χ2v) is 7.37. The molecule has 0 aromatic carbocycles. The minimum Gasteiger partial charge on any atom is -0.497 e. The highest BCUT2D eigenvalue weighted by molar-refractivity contribution is 5.82. The first-order valence-electron chi connectivity index (χ1n) is 9.62. The van der Waals surface area contributed by atoms with Crippen molar-refractivity contribution in [2.45, 2.75) is 31.8 Å². The topological polar surface area (TPSA) is 91.7 Å². The van der Waals surface area contributed by atoms with Gasteiger partial charge < -0.3 is 19.6 Å². The lowest BCUT2D eigenvalue weighted by atomic mass is 10.2. The molecule has 1 fully saturated rings. The molecule has 0 unspecified atom stereocenters. The van der Waals surface area contributed by atoms with E-state index in [0.29, 0.717) is 36.8 Å².